The van der Waals surface area contributed by atoms with Crippen molar-refractivity contribution in [1.82, 2.24) is 0 Å². The SMILES string of the molecule is CC1=C(C(=O)OC(C)(C)C)C(c2ccc(C)cc2)C(C#N)C(CC(C)C)=N1. The predicted molar refractivity (Wildman–Crippen MR) is 108 cm³/mol. The van der Waals surface area contributed by atoms with Crippen LogP contribution in [0.4, 0.5) is 0 Å². The summed E-state index contributed by atoms with van der Waals surface area (Å²) < 4.78 is 5.66. The lowest BCUT2D eigenvalue weighted by Gasteiger charge is -2.32. The molecule has 0 spiro atoms. The number of nitrogens with zero attached hydrogens (tertiary/aromatic N) is 2. The van der Waals surface area contributed by atoms with E-state index >= 15 is 0 Å². The van der Waals surface area contributed by atoms with E-state index in [1.165, 1.54) is 0 Å². The molecule has 1 aromatic carbocycles. The maximum atomic E-state index is 13.0. The van der Waals surface area contributed by atoms with E-state index in [9.17, 15) is 10.1 Å². The molecule has 4 heteroatoms. The van der Waals surface area contributed by atoms with E-state index in [0.29, 0.717) is 17.2 Å². The minimum absolute atomic E-state index is 0.364. The Morgan fingerprint density at radius 1 is 1.22 bits per heavy atom. The quantitative estimate of drug-likeness (QED) is 0.676. The first-order chi connectivity index (χ1) is 12.5. The lowest BCUT2D eigenvalue weighted by atomic mass is 9.74. The molecule has 2 unspecified atom stereocenters. The highest BCUT2D eigenvalue weighted by molar-refractivity contribution is 5.99. The zero-order valence-electron chi connectivity index (χ0n) is 17.5. The molecule has 1 aliphatic rings. The van der Waals surface area contributed by atoms with E-state index in [1.54, 1.807) is 0 Å². The lowest BCUT2D eigenvalue weighted by molar-refractivity contribution is -0.150. The molecule has 0 radical (unpaired) electrons. The van der Waals surface area contributed by atoms with Crippen LogP contribution in [0.15, 0.2) is 40.5 Å². The molecule has 0 fully saturated rings. The van der Waals surface area contributed by atoms with Gasteiger partial charge in [-0.3, -0.25) is 4.99 Å². The van der Waals surface area contributed by atoms with Gasteiger partial charge in [-0.2, -0.15) is 5.26 Å². The zero-order valence-corrected chi connectivity index (χ0v) is 17.5. The number of carbonyl (C=O) groups excluding carboxylic acids is 1. The van der Waals surface area contributed by atoms with Gasteiger partial charge in [0.2, 0.25) is 0 Å². The van der Waals surface area contributed by atoms with Crippen molar-refractivity contribution in [1.29, 1.82) is 5.26 Å². The Hall–Kier alpha value is -2.41. The summed E-state index contributed by atoms with van der Waals surface area (Å²) in [6.45, 7) is 13.6. The molecule has 0 saturated carbocycles. The van der Waals surface area contributed by atoms with Gasteiger partial charge in [0.1, 0.15) is 5.60 Å². The van der Waals surface area contributed by atoms with Crippen LogP contribution in [0.3, 0.4) is 0 Å². The predicted octanol–water partition coefficient (Wildman–Crippen LogP) is 5.33. The van der Waals surface area contributed by atoms with Gasteiger partial charge in [-0.1, -0.05) is 43.7 Å². The first-order valence-electron chi connectivity index (χ1n) is 9.51. The number of hydrogen-bond acceptors (Lipinski definition) is 4. The average molecular weight is 367 g/mol. The van der Waals surface area contributed by atoms with Gasteiger partial charge in [-0.15, -0.1) is 0 Å². The third kappa shape index (κ3) is 5.07. The number of aryl methyl sites for hydroxylation is 1. The van der Waals surface area contributed by atoms with E-state index in [4.69, 9.17) is 4.74 Å². The first-order valence-corrected chi connectivity index (χ1v) is 9.51. The Morgan fingerprint density at radius 2 is 1.81 bits per heavy atom. The molecule has 1 heterocycles. The Labute approximate surface area is 163 Å². The molecule has 27 heavy (non-hydrogen) atoms. The standard InChI is InChI=1S/C23H30N2O2/c1-14(2)12-19-18(13-24)21(17-10-8-15(3)9-11-17)20(16(4)25-19)22(26)27-23(5,6)7/h8-11,14,18,21H,12H2,1-7H3. The van der Waals surface area contributed by atoms with Crippen LogP contribution in [-0.4, -0.2) is 17.3 Å². The van der Waals surface area contributed by atoms with E-state index in [1.807, 2.05) is 58.9 Å². The van der Waals surface area contributed by atoms with E-state index in [2.05, 4.69) is 24.9 Å². The van der Waals surface area contributed by atoms with Crippen LogP contribution in [0.2, 0.25) is 0 Å². The minimum Gasteiger partial charge on any atom is -0.457 e. The number of carbonyl (C=O) groups is 1. The number of esters is 1. The molecule has 0 N–H and O–H groups in total. The summed E-state index contributed by atoms with van der Waals surface area (Å²) in [5.41, 5.74) is 3.47. The van der Waals surface area contributed by atoms with E-state index < -0.39 is 17.5 Å². The number of hydrogen-bond donors (Lipinski definition) is 0. The molecule has 144 valence electrons. The van der Waals surface area contributed by atoms with Gasteiger partial charge >= 0.3 is 5.97 Å². The number of nitriles is 1. The van der Waals surface area contributed by atoms with Gasteiger partial charge in [0.15, 0.2) is 0 Å². The van der Waals surface area contributed by atoms with Crippen molar-refractivity contribution in [3.8, 4) is 6.07 Å². The molecular weight excluding hydrogens is 336 g/mol. The average Bonchev–Trinajstić information content (AvgIpc) is 2.52. The molecule has 0 aromatic heterocycles. The minimum atomic E-state index is -0.605. The van der Waals surface area contributed by atoms with Crippen LogP contribution >= 0.6 is 0 Å². The van der Waals surface area contributed by atoms with Crippen LogP contribution in [0.25, 0.3) is 0 Å². The zero-order chi connectivity index (χ0) is 20.4. The molecule has 4 nitrogen and oxygen atoms in total. The summed E-state index contributed by atoms with van der Waals surface area (Å²) in [6, 6.07) is 10.4. The van der Waals surface area contributed by atoms with Crippen molar-refractivity contribution >= 4 is 11.7 Å². The van der Waals surface area contributed by atoms with Crippen LogP contribution in [0.1, 0.15) is 65.0 Å². The van der Waals surface area contributed by atoms with Gasteiger partial charge in [0.05, 0.1) is 17.6 Å². The molecule has 2 rings (SSSR count). The topological polar surface area (TPSA) is 62.5 Å². The number of benzene rings is 1. The summed E-state index contributed by atoms with van der Waals surface area (Å²) >= 11 is 0. The Balaban J connectivity index is 2.61. The van der Waals surface area contributed by atoms with Crippen LogP contribution in [0.5, 0.6) is 0 Å². The highest BCUT2D eigenvalue weighted by Crippen LogP contribution is 2.40. The van der Waals surface area contributed by atoms with Gasteiger partial charge in [0, 0.05) is 17.3 Å². The van der Waals surface area contributed by atoms with Crippen molar-refractivity contribution < 1.29 is 9.53 Å². The highest BCUT2D eigenvalue weighted by atomic mass is 16.6. The van der Waals surface area contributed by atoms with E-state index in [0.717, 1.165) is 23.3 Å². The van der Waals surface area contributed by atoms with Crippen LogP contribution in [-0.2, 0) is 9.53 Å². The second-order valence-corrected chi connectivity index (χ2v) is 8.70. The van der Waals surface area contributed by atoms with Crippen molar-refractivity contribution in [2.24, 2.45) is 16.8 Å². The fourth-order valence-electron chi connectivity index (χ4n) is 3.41. The van der Waals surface area contributed by atoms with Gasteiger partial charge in [0.25, 0.3) is 0 Å². The largest absolute Gasteiger partial charge is 0.457 e. The van der Waals surface area contributed by atoms with Crippen molar-refractivity contribution in [2.75, 3.05) is 0 Å². The summed E-state index contributed by atoms with van der Waals surface area (Å²) in [5, 5.41) is 9.97. The number of aliphatic imine (C=N–C) groups is 1. The lowest BCUT2D eigenvalue weighted by Crippen LogP contribution is -2.34. The molecule has 2 atom stereocenters. The molecular formula is C23H30N2O2. The highest BCUT2D eigenvalue weighted by Gasteiger charge is 2.40. The molecule has 0 bridgehead atoms. The third-order valence-corrected chi connectivity index (χ3v) is 4.52. The van der Waals surface area contributed by atoms with Crippen molar-refractivity contribution in [3.63, 3.8) is 0 Å². The maximum Gasteiger partial charge on any atom is 0.337 e. The van der Waals surface area contributed by atoms with Crippen LogP contribution < -0.4 is 0 Å². The molecule has 1 aliphatic heterocycles. The van der Waals surface area contributed by atoms with Gasteiger partial charge in [-0.25, -0.2) is 4.79 Å². The normalized spacial score (nSPS) is 20.3. The molecule has 1 aromatic rings. The summed E-state index contributed by atoms with van der Waals surface area (Å²) in [4.78, 5) is 17.7. The summed E-state index contributed by atoms with van der Waals surface area (Å²) in [5.74, 6) is -0.842. The maximum absolute atomic E-state index is 13.0. The number of rotatable bonds is 4. The second kappa shape index (κ2) is 8.08. The summed E-state index contributed by atoms with van der Waals surface area (Å²) in [6.07, 6.45) is 0.736. The van der Waals surface area contributed by atoms with E-state index in [-0.39, 0.29) is 5.92 Å². The fourth-order valence-corrected chi connectivity index (χ4v) is 3.41. The Bertz CT molecular complexity index is 802. The third-order valence-electron chi connectivity index (χ3n) is 4.52. The number of allylic oxidation sites excluding steroid dienone is 1. The molecule has 0 saturated heterocycles. The second-order valence-electron chi connectivity index (χ2n) is 8.70. The van der Waals surface area contributed by atoms with Crippen molar-refractivity contribution in [2.45, 2.75) is 66.4 Å². The Morgan fingerprint density at radius 3 is 2.30 bits per heavy atom. The summed E-state index contributed by atoms with van der Waals surface area (Å²) in [7, 11) is 0. The molecule has 0 amide bonds. The van der Waals surface area contributed by atoms with Gasteiger partial charge < -0.3 is 4.74 Å². The monoisotopic (exact) mass is 366 g/mol. The first kappa shape index (κ1) is 20.9. The van der Waals surface area contributed by atoms with Crippen molar-refractivity contribution in [3.05, 3.63) is 46.7 Å². The van der Waals surface area contributed by atoms with Gasteiger partial charge in [-0.05, 0) is 52.5 Å². The Kier molecular flexibility index (Phi) is 6.26. The number of ether oxygens (including phenoxy) is 1. The fraction of sp³-hybridized carbons (Fsp3) is 0.522. The smallest absolute Gasteiger partial charge is 0.337 e. The van der Waals surface area contributed by atoms with Crippen LogP contribution in [0, 0.1) is 30.1 Å². The molecule has 0 aliphatic carbocycles.